The van der Waals surface area contributed by atoms with Crippen molar-refractivity contribution in [2.24, 2.45) is 0 Å². The highest BCUT2D eigenvalue weighted by Gasteiger charge is 2.16. The van der Waals surface area contributed by atoms with E-state index >= 15 is 0 Å². The zero-order valence-corrected chi connectivity index (χ0v) is 13.9. The van der Waals surface area contributed by atoms with Crippen molar-refractivity contribution in [3.63, 3.8) is 0 Å². The van der Waals surface area contributed by atoms with Gasteiger partial charge in [0, 0.05) is 27.7 Å². The van der Waals surface area contributed by atoms with E-state index in [2.05, 4.69) is 64.2 Å². The molecule has 0 saturated heterocycles. The first-order valence-corrected chi connectivity index (χ1v) is 8.05. The van der Waals surface area contributed by atoms with E-state index in [-0.39, 0.29) is 5.60 Å². The van der Waals surface area contributed by atoms with Gasteiger partial charge >= 0.3 is 0 Å². The largest absolute Gasteiger partial charge is 0.371 e. The zero-order chi connectivity index (χ0) is 14.8. The maximum atomic E-state index is 6.01. The van der Waals surface area contributed by atoms with E-state index in [4.69, 9.17) is 4.74 Å². The van der Waals surface area contributed by atoms with E-state index in [1.165, 1.54) is 20.5 Å². The van der Waals surface area contributed by atoms with Gasteiger partial charge in [0.1, 0.15) is 0 Å². The fraction of sp³-hybridized carbons (Fsp3) is 0.529. The molecule has 0 unspecified atom stereocenters. The molecule has 0 aliphatic heterocycles. The molecule has 0 amide bonds. The molecular weight excluding hydrogens is 266 g/mol. The van der Waals surface area contributed by atoms with Gasteiger partial charge in [0.05, 0.1) is 12.2 Å². The highest BCUT2D eigenvalue weighted by atomic mass is 32.1. The third kappa shape index (κ3) is 4.05. The van der Waals surface area contributed by atoms with Crippen molar-refractivity contribution in [3.05, 3.63) is 34.7 Å². The summed E-state index contributed by atoms with van der Waals surface area (Å²) in [6, 6.07) is 9.10. The lowest BCUT2D eigenvalue weighted by Crippen LogP contribution is -2.22. The molecule has 0 spiro atoms. The molecule has 2 aromatic rings. The van der Waals surface area contributed by atoms with Gasteiger partial charge in [0.25, 0.3) is 0 Å². The highest BCUT2D eigenvalue weighted by molar-refractivity contribution is 7.19. The number of fused-ring (bicyclic) bond motifs is 1. The van der Waals surface area contributed by atoms with Gasteiger partial charge in [-0.25, -0.2) is 0 Å². The van der Waals surface area contributed by atoms with Crippen LogP contribution in [0.2, 0.25) is 0 Å². The summed E-state index contributed by atoms with van der Waals surface area (Å²) in [5, 5.41) is 4.85. The van der Waals surface area contributed by atoms with Gasteiger partial charge in [0.15, 0.2) is 0 Å². The third-order valence-electron chi connectivity index (χ3n) is 3.10. The molecule has 0 aliphatic rings. The maximum absolute atomic E-state index is 6.01. The molecule has 1 heterocycles. The summed E-state index contributed by atoms with van der Waals surface area (Å²) < 4.78 is 7.36. The molecule has 1 aromatic heterocycles. The number of rotatable bonds is 5. The van der Waals surface area contributed by atoms with Crippen molar-refractivity contribution >= 4 is 21.4 Å². The van der Waals surface area contributed by atoms with Crippen molar-refractivity contribution in [1.82, 2.24) is 5.32 Å². The van der Waals surface area contributed by atoms with E-state index in [1.54, 1.807) is 0 Å². The fourth-order valence-electron chi connectivity index (χ4n) is 2.04. The molecule has 0 bridgehead atoms. The minimum atomic E-state index is -0.105. The normalized spacial score (nSPS) is 12.5. The quantitative estimate of drug-likeness (QED) is 0.861. The number of hydrogen-bond acceptors (Lipinski definition) is 3. The van der Waals surface area contributed by atoms with Gasteiger partial charge in [-0.05, 0) is 32.2 Å². The first-order chi connectivity index (χ1) is 9.37. The smallest absolute Gasteiger partial charge is 0.0741 e. The van der Waals surface area contributed by atoms with Crippen LogP contribution < -0.4 is 5.32 Å². The molecule has 0 atom stereocenters. The Balaban J connectivity index is 2.29. The van der Waals surface area contributed by atoms with Crippen LogP contribution in [0.25, 0.3) is 10.1 Å². The summed E-state index contributed by atoms with van der Waals surface area (Å²) in [6.07, 6.45) is 0. The van der Waals surface area contributed by atoms with Crippen LogP contribution in [-0.2, 0) is 17.9 Å². The summed E-state index contributed by atoms with van der Waals surface area (Å²) in [7, 11) is 0. The summed E-state index contributed by atoms with van der Waals surface area (Å²) in [5.74, 6) is 0. The van der Waals surface area contributed by atoms with E-state index in [0.29, 0.717) is 12.6 Å². The van der Waals surface area contributed by atoms with E-state index in [9.17, 15) is 0 Å². The number of thiophene rings is 1. The molecule has 20 heavy (non-hydrogen) atoms. The summed E-state index contributed by atoms with van der Waals surface area (Å²) >= 11 is 1.87. The Morgan fingerprint density at radius 2 is 1.90 bits per heavy atom. The predicted octanol–water partition coefficient (Wildman–Crippen LogP) is 4.71. The average molecular weight is 291 g/mol. The summed E-state index contributed by atoms with van der Waals surface area (Å²) in [4.78, 5) is 1.39. The second-order valence-electron chi connectivity index (χ2n) is 6.44. The van der Waals surface area contributed by atoms with Gasteiger partial charge in [-0.1, -0.05) is 32.0 Å². The molecular formula is C17H25NOS. The molecule has 0 saturated carbocycles. The Kier molecular flexibility index (Phi) is 4.84. The Hall–Kier alpha value is -0.900. The van der Waals surface area contributed by atoms with Gasteiger partial charge < -0.3 is 10.1 Å². The Morgan fingerprint density at radius 1 is 1.20 bits per heavy atom. The third-order valence-corrected chi connectivity index (χ3v) is 4.32. The van der Waals surface area contributed by atoms with Gasteiger partial charge in [-0.15, -0.1) is 11.3 Å². The van der Waals surface area contributed by atoms with E-state index in [0.717, 1.165) is 6.54 Å². The van der Waals surface area contributed by atoms with Crippen LogP contribution in [0.15, 0.2) is 24.3 Å². The van der Waals surface area contributed by atoms with Gasteiger partial charge in [-0.3, -0.25) is 0 Å². The molecule has 2 rings (SSSR count). The van der Waals surface area contributed by atoms with Crippen LogP contribution in [0.5, 0.6) is 0 Å². The van der Waals surface area contributed by atoms with Crippen molar-refractivity contribution in [3.8, 4) is 0 Å². The van der Waals surface area contributed by atoms with Crippen LogP contribution in [0.4, 0.5) is 0 Å². The maximum Gasteiger partial charge on any atom is 0.0741 e. The summed E-state index contributed by atoms with van der Waals surface area (Å²) in [6.45, 7) is 12.3. The number of hydrogen-bond donors (Lipinski definition) is 1. The Labute approximate surface area is 126 Å². The summed E-state index contributed by atoms with van der Waals surface area (Å²) in [5.41, 5.74) is 1.24. The van der Waals surface area contributed by atoms with Crippen molar-refractivity contribution in [1.29, 1.82) is 0 Å². The minimum Gasteiger partial charge on any atom is -0.371 e. The standard InChI is InChI=1S/C17H25NOS/c1-12(2)18-10-16-14(11-19-17(3,4)5)13-8-6-7-9-15(13)20-16/h6-9,12,18H,10-11H2,1-5H3. The molecule has 110 valence electrons. The first-order valence-electron chi connectivity index (χ1n) is 7.23. The van der Waals surface area contributed by atoms with Crippen LogP contribution in [0.3, 0.4) is 0 Å². The van der Waals surface area contributed by atoms with Crippen LogP contribution in [0.1, 0.15) is 45.1 Å². The van der Waals surface area contributed by atoms with Crippen LogP contribution in [-0.4, -0.2) is 11.6 Å². The second-order valence-corrected chi connectivity index (χ2v) is 7.57. The molecule has 0 aliphatic carbocycles. The molecule has 0 fully saturated rings. The van der Waals surface area contributed by atoms with Crippen LogP contribution in [0, 0.1) is 0 Å². The van der Waals surface area contributed by atoms with Crippen molar-refractivity contribution < 1.29 is 4.74 Å². The van der Waals surface area contributed by atoms with Crippen molar-refractivity contribution in [2.45, 2.75) is 59.4 Å². The number of benzene rings is 1. The minimum absolute atomic E-state index is 0.105. The van der Waals surface area contributed by atoms with Gasteiger partial charge in [-0.2, -0.15) is 0 Å². The Bertz CT molecular complexity index is 566. The van der Waals surface area contributed by atoms with Gasteiger partial charge in [0.2, 0.25) is 0 Å². The zero-order valence-electron chi connectivity index (χ0n) is 13.1. The van der Waals surface area contributed by atoms with Crippen LogP contribution >= 0.6 is 11.3 Å². The lowest BCUT2D eigenvalue weighted by atomic mass is 10.1. The fourth-order valence-corrected chi connectivity index (χ4v) is 3.20. The molecule has 0 radical (unpaired) electrons. The highest BCUT2D eigenvalue weighted by Crippen LogP contribution is 2.32. The number of nitrogens with one attached hydrogen (secondary N) is 1. The second kappa shape index (κ2) is 6.25. The predicted molar refractivity (Wildman–Crippen MR) is 88.3 cm³/mol. The van der Waals surface area contributed by atoms with E-state index < -0.39 is 0 Å². The molecule has 1 N–H and O–H groups in total. The van der Waals surface area contributed by atoms with Crippen molar-refractivity contribution in [2.75, 3.05) is 0 Å². The topological polar surface area (TPSA) is 21.3 Å². The SMILES string of the molecule is CC(C)NCc1sc2ccccc2c1COC(C)(C)C. The molecule has 1 aromatic carbocycles. The monoisotopic (exact) mass is 291 g/mol. The molecule has 3 heteroatoms. The average Bonchev–Trinajstić information content (AvgIpc) is 2.70. The van der Waals surface area contributed by atoms with E-state index in [1.807, 2.05) is 11.3 Å². The molecule has 2 nitrogen and oxygen atoms in total. The first kappa shape index (κ1) is 15.5. The number of ether oxygens (including phenoxy) is 1. The lowest BCUT2D eigenvalue weighted by Gasteiger charge is -2.20. The lowest BCUT2D eigenvalue weighted by molar-refractivity contribution is -0.0146. The Morgan fingerprint density at radius 3 is 2.55 bits per heavy atom.